The maximum atomic E-state index is 13.7. The molecule has 0 saturated heterocycles. The topological polar surface area (TPSA) is 21.1 Å². The highest BCUT2D eigenvalue weighted by Crippen LogP contribution is 2.28. The quantitative estimate of drug-likeness (QED) is 0.784. The van der Waals surface area contributed by atoms with Crippen molar-refractivity contribution in [1.82, 2.24) is 14.5 Å². The molecule has 3 nitrogen and oxygen atoms in total. The van der Waals surface area contributed by atoms with Gasteiger partial charge >= 0.3 is 0 Å². The summed E-state index contributed by atoms with van der Waals surface area (Å²) in [5.41, 5.74) is 1.54. The Morgan fingerprint density at radius 3 is 2.74 bits per heavy atom. The van der Waals surface area contributed by atoms with E-state index in [9.17, 15) is 4.39 Å². The molecule has 0 bridgehead atoms. The zero-order valence-corrected chi connectivity index (χ0v) is 13.5. The molecule has 2 aromatic rings. The van der Waals surface area contributed by atoms with Crippen LogP contribution in [0.5, 0.6) is 0 Å². The van der Waals surface area contributed by atoms with Crippen molar-refractivity contribution in [2.24, 2.45) is 0 Å². The van der Waals surface area contributed by atoms with Crippen LogP contribution in [0.15, 0.2) is 16.6 Å². The number of aromatic nitrogens is 2. The first-order valence-electron chi connectivity index (χ1n) is 6.04. The minimum absolute atomic E-state index is 0.212. The minimum Gasteiger partial charge on any atom is -0.325 e. The third kappa shape index (κ3) is 3.09. The molecule has 0 aliphatic rings. The first-order chi connectivity index (χ1) is 8.90. The van der Waals surface area contributed by atoms with E-state index in [2.05, 4.69) is 25.8 Å². The highest BCUT2D eigenvalue weighted by molar-refractivity contribution is 9.10. The van der Waals surface area contributed by atoms with Crippen LogP contribution in [0.3, 0.4) is 0 Å². The number of imidazole rings is 1. The number of halogens is 3. The fourth-order valence-electron chi connectivity index (χ4n) is 1.98. The highest BCUT2D eigenvalue weighted by atomic mass is 79.9. The summed E-state index contributed by atoms with van der Waals surface area (Å²) in [5.74, 6) is 0.489. The summed E-state index contributed by atoms with van der Waals surface area (Å²) in [6.07, 6.45) is 0. The third-order valence-electron chi connectivity index (χ3n) is 2.95. The summed E-state index contributed by atoms with van der Waals surface area (Å²) in [4.78, 5) is 6.58. The molecule has 0 spiro atoms. The average molecular weight is 349 g/mol. The number of likely N-dealkylation sites (N-methyl/N-ethyl adjacent to an activating group) is 1. The van der Waals surface area contributed by atoms with Gasteiger partial charge in [-0.15, -0.1) is 11.6 Å². The van der Waals surface area contributed by atoms with Gasteiger partial charge in [0.1, 0.15) is 11.6 Å². The van der Waals surface area contributed by atoms with Crippen molar-refractivity contribution < 1.29 is 4.39 Å². The molecule has 0 radical (unpaired) electrons. The van der Waals surface area contributed by atoms with Gasteiger partial charge in [0.25, 0.3) is 0 Å². The Hall–Kier alpha value is -0.650. The lowest BCUT2D eigenvalue weighted by molar-refractivity contribution is 0.383. The Morgan fingerprint density at radius 1 is 1.47 bits per heavy atom. The molecular weight excluding hydrogens is 333 g/mol. The molecule has 0 saturated carbocycles. The number of hydrogen-bond donors (Lipinski definition) is 0. The smallest absolute Gasteiger partial charge is 0.139 e. The normalized spacial score (nSPS) is 13.4. The lowest BCUT2D eigenvalue weighted by Gasteiger charge is -2.14. The first-order valence-corrected chi connectivity index (χ1v) is 7.27. The lowest BCUT2D eigenvalue weighted by atomic mass is 10.3. The van der Waals surface area contributed by atoms with E-state index in [-0.39, 0.29) is 11.2 Å². The van der Waals surface area contributed by atoms with Gasteiger partial charge in [-0.3, -0.25) is 0 Å². The van der Waals surface area contributed by atoms with Crippen LogP contribution in [-0.4, -0.2) is 35.1 Å². The second-order valence-corrected chi connectivity index (χ2v) is 6.30. The molecule has 1 aromatic carbocycles. The van der Waals surface area contributed by atoms with E-state index in [1.807, 2.05) is 25.6 Å². The third-order valence-corrected chi connectivity index (χ3v) is 3.75. The molecule has 104 valence electrons. The molecule has 1 aromatic heterocycles. The summed E-state index contributed by atoms with van der Waals surface area (Å²) < 4.78 is 16.1. The number of alkyl halides is 1. The van der Waals surface area contributed by atoms with Crippen molar-refractivity contribution in [3.05, 3.63) is 28.2 Å². The highest BCUT2D eigenvalue weighted by Gasteiger charge is 2.16. The molecule has 1 unspecified atom stereocenters. The van der Waals surface area contributed by atoms with Gasteiger partial charge in [-0.25, -0.2) is 9.37 Å². The minimum atomic E-state index is -0.285. The van der Waals surface area contributed by atoms with Crippen molar-refractivity contribution >= 4 is 38.6 Å². The first kappa shape index (κ1) is 14.8. The number of fused-ring (bicyclic) bond motifs is 1. The van der Waals surface area contributed by atoms with Gasteiger partial charge in [-0.2, -0.15) is 0 Å². The maximum absolute atomic E-state index is 13.7. The summed E-state index contributed by atoms with van der Waals surface area (Å²) >= 11 is 9.36. The Labute approximate surface area is 125 Å². The average Bonchev–Trinajstić information content (AvgIpc) is 2.65. The standard InChI is InChI=1S/C13H16BrClFN3/c1-8(15)13-17-11-6-9(14)10(16)7-12(11)19(13)5-4-18(2)3/h6-8H,4-5H2,1-3H3. The van der Waals surface area contributed by atoms with Crippen molar-refractivity contribution in [3.8, 4) is 0 Å². The second kappa shape index (κ2) is 5.77. The summed E-state index contributed by atoms with van der Waals surface area (Å²) in [6.45, 7) is 3.46. The molecule has 2 rings (SSSR count). The van der Waals surface area contributed by atoms with E-state index in [4.69, 9.17) is 11.6 Å². The van der Waals surface area contributed by atoms with Crippen molar-refractivity contribution in [2.45, 2.75) is 18.8 Å². The van der Waals surface area contributed by atoms with E-state index in [0.717, 1.165) is 29.9 Å². The SMILES string of the molecule is CC(Cl)c1nc2cc(Br)c(F)cc2n1CCN(C)C. The molecule has 0 aliphatic carbocycles. The Balaban J connectivity index is 2.55. The predicted octanol–water partition coefficient (Wildman–Crippen LogP) is 3.80. The molecule has 0 aliphatic heterocycles. The fraction of sp³-hybridized carbons (Fsp3) is 0.462. The van der Waals surface area contributed by atoms with Gasteiger partial charge in [0.15, 0.2) is 0 Å². The van der Waals surface area contributed by atoms with Gasteiger partial charge in [-0.1, -0.05) is 0 Å². The molecule has 1 heterocycles. The monoisotopic (exact) mass is 347 g/mol. The molecular formula is C13H16BrClFN3. The van der Waals surface area contributed by atoms with Gasteiger partial charge in [0, 0.05) is 19.2 Å². The van der Waals surface area contributed by atoms with E-state index in [0.29, 0.717) is 4.47 Å². The Bertz CT molecular complexity index is 595. The summed E-state index contributed by atoms with van der Waals surface area (Å²) in [7, 11) is 4.00. The zero-order chi connectivity index (χ0) is 14.2. The van der Waals surface area contributed by atoms with E-state index < -0.39 is 0 Å². The molecule has 0 N–H and O–H groups in total. The Morgan fingerprint density at radius 2 is 2.16 bits per heavy atom. The van der Waals surface area contributed by atoms with Crippen molar-refractivity contribution in [1.29, 1.82) is 0 Å². The predicted molar refractivity (Wildman–Crippen MR) is 80.2 cm³/mol. The Kier molecular flexibility index (Phi) is 4.48. The van der Waals surface area contributed by atoms with Crippen LogP contribution in [0, 0.1) is 5.82 Å². The van der Waals surface area contributed by atoms with Gasteiger partial charge in [-0.05, 0) is 43.0 Å². The molecule has 0 fully saturated rings. The number of nitrogens with zero attached hydrogens (tertiary/aromatic N) is 3. The van der Waals surface area contributed by atoms with Crippen LogP contribution >= 0.6 is 27.5 Å². The second-order valence-electron chi connectivity index (χ2n) is 4.80. The van der Waals surface area contributed by atoms with Crippen LogP contribution in [0.4, 0.5) is 4.39 Å². The zero-order valence-electron chi connectivity index (χ0n) is 11.1. The van der Waals surface area contributed by atoms with E-state index in [1.165, 1.54) is 6.07 Å². The van der Waals surface area contributed by atoms with E-state index in [1.54, 1.807) is 6.07 Å². The number of rotatable bonds is 4. The van der Waals surface area contributed by atoms with Gasteiger partial charge in [0.2, 0.25) is 0 Å². The lowest BCUT2D eigenvalue weighted by Crippen LogP contribution is -2.19. The number of hydrogen-bond acceptors (Lipinski definition) is 2. The summed E-state index contributed by atoms with van der Waals surface area (Å²) in [5, 5.41) is -0.212. The van der Waals surface area contributed by atoms with Crippen LogP contribution in [0.1, 0.15) is 18.1 Å². The van der Waals surface area contributed by atoms with Crippen molar-refractivity contribution in [3.63, 3.8) is 0 Å². The van der Waals surface area contributed by atoms with Gasteiger partial charge < -0.3 is 9.47 Å². The molecule has 19 heavy (non-hydrogen) atoms. The van der Waals surface area contributed by atoms with Crippen LogP contribution in [0.2, 0.25) is 0 Å². The van der Waals surface area contributed by atoms with E-state index >= 15 is 0 Å². The van der Waals surface area contributed by atoms with Crippen LogP contribution in [-0.2, 0) is 6.54 Å². The maximum Gasteiger partial charge on any atom is 0.139 e. The van der Waals surface area contributed by atoms with Crippen LogP contribution < -0.4 is 0 Å². The largest absolute Gasteiger partial charge is 0.325 e. The molecule has 1 atom stereocenters. The molecule has 6 heteroatoms. The molecule has 0 amide bonds. The van der Waals surface area contributed by atoms with Crippen molar-refractivity contribution in [2.75, 3.05) is 20.6 Å². The van der Waals surface area contributed by atoms with Crippen LogP contribution in [0.25, 0.3) is 11.0 Å². The van der Waals surface area contributed by atoms with Gasteiger partial charge in [0.05, 0.1) is 20.9 Å². The summed E-state index contributed by atoms with van der Waals surface area (Å²) in [6, 6.07) is 3.20. The fourth-order valence-corrected chi connectivity index (χ4v) is 2.48. The number of benzene rings is 1.